The molecule has 3 N–H and O–H groups in total. The first kappa shape index (κ1) is 32.5. The first-order valence-corrected chi connectivity index (χ1v) is 15.7. The number of piperidine rings is 1. The van der Waals surface area contributed by atoms with Gasteiger partial charge in [0.1, 0.15) is 23.1 Å². The van der Waals surface area contributed by atoms with E-state index in [-0.39, 0.29) is 23.5 Å². The van der Waals surface area contributed by atoms with Gasteiger partial charge in [-0.15, -0.1) is 0 Å². The number of ether oxygens (including phenoxy) is 2. The van der Waals surface area contributed by atoms with Gasteiger partial charge in [-0.25, -0.2) is 4.98 Å². The van der Waals surface area contributed by atoms with Crippen molar-refractivity contribution < 1.29 is 14.3 Å². The van der Waals surface area contributed by atoms with E-state index >= 15 is 0 Å². The zero-order valence-corrected chi connectivity index (χ0v) is 27.0. The number of para-hydroxylation sites is 2. The van der Waals surface area contributed by atoms with E-state index in [2.05, 4.69) is 60.3 Å². The zero-order chi connectivity index (χ0) is 32.6. The summed E-state index contributed by atoms with van der Waals surface area (Å²) in [5.41, 5.74) is 2.88. The topological polar surface area (TPSA) is 131 Å². The molecule has 12 nitrogen and oxygen atoms in total. The number of likely N-dealkylation sites (N-methyl/N-ethyl adjacent to an activating group) is 1. The highest BCUT2D eigenvalue weighted by Gasteiger charge is 2.28. The van der Waals surface area contributed by atoms with Crippen LogP contribution >= 0.6 is 0 Å². The summed E-state index contributed by atoms with van der Waals surface area (Å²) in [4.78, 5) is 28.8. The largest absolute Gasteiger partial charge is 0.495 e. The third kappa shape index (κ3) is 7.85. The number of piperazine rings is 1. The molecule has 0 radical (unpaired) electrons. The maximum Gasteiger partial charge on any atom is 0.247 e. The molecule has 3 heterocycles. The van der Waals surface area contributed by atoms with Crippen molar-refractivity contribution in [3.8, 4) is 17.6 Å². The molecule has 2 aliphatic rings. The van der Waals surface area contributed by atoms with Crippen molar-refractivity contribution in [2.24, 2.45) is 0 Å². The number of rotatable bonds is 11. The number of hydrogen-bond acceptors (Lipinski definition) is 11. The number of anilines is 6. The summed E-state index contributed by atoms with van der Waals surface area (Å²) in [7, 11) is 3.82. The normalized spacial score (nSPS) is 16.0. The predicted molar refractivity (Wildman–Crippen MR) is 182 cm³/mol. The fraction of sp³-hybridized carbons (Fsp3) is 0.412. The molecule has 0 atom stereocenters. The number of methoxy groups -OCH3 is 1. The van der Waals surface area contributed by atoms with E-state index in [1.54, 1.807) is 7.11 Å². The van der Waals surface area contributed by atoms with E-state index in [1.165, 1.54) is 12.3 Å². The van der Waals surface area contributed by atoms with Crippen LogP contribution in [-0.4, -0.2) is 91.2 Å². The Morgan fingerprint density at radius 3 is 2.46 bits per heavy atom. The third-order valence-corrected chi connectivity index (χ3v) is 8.28. The van der Waals surface area contributed by atoms with Gasteiger partial charge >= 0.3 is 0 Å². The van der Waals surface area contributed by atoms with E-state index in [1.807, 2.05) is 50.2 Å². The monoisotopic (exact) mass is 625 g/mol. The molecular weight excluding hydrogens is 582 g/mol. The van der Waals surface area contributed by atoms with Gasteiger partial charge in [0.25, 0.3) is 0 Å². The van der Waals surface area contributed by atoms with E-state index in [4.69, 9.17) is 9.47 Å². The van der Waals surface area contributed by atoms with Crippen molar-refractivity contribution in [1.29, 1.82) is 5.26 Å². The van der Waals surface area contributed by atoms with Crippen LogP contribution in [-0.2, 0) is 4.79 Å². The van der Waals surface area contributed by atoms with Gasteiger partial charge in [0.2, 0.25) is 11.9 Å². The Labute approximate surface area is 271 Å². The smallest absolute Gasteiger partial charge is 0.247 e. The lowest BCUT2D eigenvalue weighted by Gasteiger charge is -2.42. The average molecular weight is 626 g/mol. The second kappa shape index (κ2) is 14.9. The van der Waals surface area contributed by atoms with E-state index < -0.39 is 0 Å². The molecule has 0 bridgehead atoms. The lowest BCUT2D eigenvalue weighted by Crippen LogP contribution is -2.52. The van der Waals surface area contributed by atoms with Gasteiger partial charge in [0.15, 0.2) is 5.82 Å². The quantitative estimate of drug-likeness (QED) is 0.250. The first-order chi connectivity index (χ1) is 22.3. The minimum Gasteiger partial charge on any atom is -0.495 e. The molecule has 2 saturated heterocycles. The van der Waals surface area contributed by atoms with Crippen LogP contribution < -0.4 is 30.3 Å². The van der Waals surface area contributed by atoms with Crippen molar-refractivity contribution in [3.05, 3.63) is 60.8 Å². The van der Waals surface area contributed by atoms with E-state index in [9.17, 15) is 10.1 Å². The van der Waals surface area contributed by atoms with Gasteiger partial charge in [-0.2, -0.15) is 10.2 Å². The number of carbonyl (C=O) groups excluding carboxylic acids is 1. The number of amides is 1. The Morgan fingerprint density at radius 1 is 1.04 bits per heavy atom. The summed E-state index contributed by atoms with van der Waals surface area (Å²) in [6.07, 6.45) is 4.75. The third-order valence-electron chi connectivity index (χ3n) is 8.28. The molecule has 1 amide bonds. The molecule has 2 fully saturated rings. The summed E-state index contributed by atoms with van der Waals surface area (Å²) < 4.78 is 11.8. The Kier molecular flexibility index (Phi) is 10.6. The van der Waals surface area contributed by atoms with Crippen LogP contribution in [0.25, 0.3) is 0 Å². The second-order valence-corrected chi connectivity index (χ2v) is 11.8. The molecule has 0 aliphatic carbocycles. The van der Waals surface area contributed by atoms with Crippen LogP contribution in [0.15, 0.2) is 55.3 Å². The maximum atomic E-state index is 12.5. The van der Waals surface area contributed by atoms with E-state index in [0.29, 0.717) is 40.4 Å². The SMILES string of the molecule is C=CC(=O)Nc1cc(N2CCC(N3CCN(C)CC3)CC2)c(OC)cc1Nc1ncc(C#N)c(Nc2ccccc2OC(C)C)n1. The van der Waals surface area contributed by atoms with Gasteiger partial charge in [-0.1, -0.05) is 18.7 Å². The second-order valence-electron chi connectivity index (χ2n) is 11.8. The summed E-state index contributed by atoms with van der Waals surface area (Å²) in [6, 6.07) is 13.9. The number of aromatic nitrogens is 2. The maximum absolute atomic E-state index is 12.5. The minimum atomic E-state index is -0.349. The number of nitriles is 1. The number of nitrogens with one attached hydrogen (secondary N) is 3. The van der Waals surface area contributed by atoms with Gasteiger partial charge in [-0.05, 0) is 58.0 Å². The van der Waals surface area contributed by atoms with Gasteiger partial charge in [-0.3, -0.25) is 9.69 Å². The lowest BCUT2D eigenvalue weighted by molar-refractivity contribution is -0.111. The van der Waals surface area contributed by atoms with Crippen LogP contribution in [0.1, 0.15) is 32.3 Å². The zero-order valence-electron chi connectivity index (χ0n) is 27.0. The van der Waals surface area contributed by atoms with Crippen molar-refractivity contribution >= 4 is 40.4 Å². The lowest BCUT2D eigenvalue weighted by atomic mass is 10.0. The number of hydrogen-bond donors (Lipinski definition) is 3. The highest BCUT2D eigenvalue weighted by molar-refractivity contribution is 6.02. The van der Waals surface area contributed by atoms with Crippen molar-refractivity contribution in [1.82, 2.24) is 19.8 Å². The average Bonchev–Trinajstić information content (AvgIpc) is 3.06. The molecule has 0 saturated carbocycles. The Bertz CT molecular complexity index is 1570. The van der Waals surface area contributed by atoms with E-state index in [0.717, 1.165) is 57.8 Å². The molecule has 2 aromatic carbocycles. The molecule has 46 heavy (non-hydrogen) atoms. The van der Waals surface area contributed by atoms with Crippen LogP contribution in [0.5, 0.6) is 11.5 Å². The Hall–Kier alpha value is -4.86. The van der Waals surface area contributed by atoms with Crippen molar-refractivity contribution in [3.63, 3.8) is 0 Å². The molecule has 12 heteroatoms. The number of carbonyl (C=O) groups is 1. The standard InChI is InChI=1S/C34H43N9O3/c1-6-32(44)37-27-19-29(43-13-11-25(12-14-43)42-17-15-41(4)16-18-42)31(45-5)20-28(27)39-34-36-22-24(21-35)33(40-34)38-26-9-7-8-10-30(26)46-23(2)3/h6-10,19-20,22-23,25H,1,11-18H2,2-5H3,(H,37,44)(H2,36,38,39,40). The van der Waals surface area contributed by atoms with Crippen LogP contribution in [0, 0.1) is 11.3 Å². The van der Waals surface area contributed by atoms with Gasteiger partial charge < -0.3 is 35.2 Å². The molecule has 2 aliphatic heterocycles. The van der Waals surface area contributed by atoms with Gasteiger partial charge in [0.05, 0.1) is 42.2 Å². The van der Waals surface area contributed by atoms with Crippen LogP contribution in [0.2, 0.25) is 0 Å². The molecule has 3 aromatic rings. The Morgan fingerprint density at radius 2 is 1.78 bits per heavy atom. The molecule has 5 rings (SSSR count). The molecule has 0 spiro atoms. The van der Waals surface area contributed by atoms with Crippen molar-refractivity contribution in [2.75, 3.05) is 74.3 Å². The van der Waals surface area contributed by atoms with Crippen molar-refractivity contribution in [2.45, 2.75) is 38.8 Å². The predicted octanol–water partition coefficient (Wildman–Crippen LogP) is 4.97. The van der Waals surface area contributed by atoms with Gasteiger partial charge in [0, 0.05) is 51.4 Å². The fourth-order valence-corrected chi connectivity index (χ4v) is 5.82. The summed E-state index contributed by atoms with van der Waals surface area (Å²) >= 11 is 0. The summed E-state index contributed by atoms with van der Waals surface area (Å²) in [5.74, 6) is 1.47. The van der Waals surface area contributed by atoms with Crippen LogP contribution in [0.3, 0.4) is 0 Å². The highest BCUT2D eigenvalue weighted by Crippen LogP contribution is 2.40. The number of benzene rings is 2. The summed E-state index contributed by atoms with van der Waals surface area (Å²) in [5, 5.41) is 19.2. The highest BCUT2D eigenvalue weighted by atomic mass is 16.5. The fourth-order valence-electron chi connectivity index (χ4n) is 5.82. The molecule has 1 aromatic heterocycles. The molecular formula is C34H43N9O3. The van der Waals surface area contributed by atoms with Crippen LogP contribution in [0.4, 0.5) is 34.5 Å². The number of nitrogens with zero attached hydrogens (tertiary/aromatic N) is 6. The molecule has 242 valence electrons. The Balaban J connectivity index is 1.40. The summed E-state index contributed by atoms with van der Waals surface area (Å²) in [6.45, 7) is 13.7. The first-order valence-electron chi connectivity index (χ1n) is 15.7. The minimum absolute atomic E-state index is 0.0357. The molecule has 0 unspecified atom stereocenters.